The summed E-state index contributed by atoms with van der Waals surface area (Å²) in [6.45, 7) is 3.17. The van der Waals surface area contributed by atoms with Crippen LogP contribution in [0.5, 0.6) is 17.2 Å². The smallest absolute Gasteiger partial charge is 0.270 e. The molecular formula is C22H21N3O4. The molecule has 2 N–H and O–H groups in total. The minimum atomic E-state index is -0.252. The Morgan fingerprint density at radius 3 is 2.69 bits per heavy atom. The third kappa shape index (κ3) is 4.57. The van der Waals surface area contributed by atoms with Gasteiger partial charge in [0.05, 0.1) is 6.61 Å². The van der Waals surface area contributed by atoms with E-state index in [9.17, 15) is 4.79 Å². The molecule has 0 saturated heterocycles. The van der Waals surface area contributed by atoms with E-state index < -0.39 is 0 Å². The molecule has 1 amide bonds. The van der Waals surface area contributed by atoms with Gasteiger partial charge in [-0.05, 0) is 61.0 Å². The van der Waals surface area contributed by atoms with Crippen LogP contribution in [-0.4, -0.2) is 24.3 Å². The number of anilines is 2. The number of amides is 1. The van der Waals surface area contributed by atoms with Gasteiger partial charge in [0.2, 0.25) is 6.79 Å². The number of carbonyl (C=O) groups excluding carboxylic acids is 1. The van der Waals surface area contributed by atoms with E-state index in [0.29, 0.717) is 24.6 Å². The number of hydrogen-bond acceptors (Lipinski definition) is 6. The molecule has 7 nitrogen and oxygen atoms in total. The summed E-state index contributed by atoms with van der Waals surface area (Å²) in [6.07, 6.45) is 1.60. The van der Waals surface area contributed by atoms with Crippen molar-refractivity contribution in [3.8, 4) is 17.2 Å². The fourth-order valence-electron chi connectivity index (χ4n) is 2.92. The summed E-state index contributed by atoms with van der Waals surface area (Å²) in [5.74, 6) is 1.97. The fraction of sp³-hybridized carbons (Fsp3) is 0.182. The van der Waals surface area contributed by atoms with Gasteiger partial charge in [0, 0.05) is 24.1 Å². The van der Waals surface area contributed by atoms with E-state index in [4.69, 9.17) is 14.2 Å². The van der Waals surface area contributed by atoms with E-state index in [-0.39, 0.29) is 12.7 Å². The number of aromatic nitrogens is 1. The van der Waals surface area contributed by atoms with Crippen molar-refractivity contribution in [2.24, 2.45) is 0 Å². The quantitative estimate of drug-likeness (QED) is 0.636. The van der Waals surface area contributed by atoms with Crippen molar-refractivity contribution in [3.63, 3.8) is 0 Å². The molecule has 7 heteroatoms. The summed E-state index contributed by atoms with van der Waals surface area (Å²) >= 11 is 0. The van der Waals surface area contributed by atoms with Crippen molar-refractivity contribution in [2.45, 2.75) is 13.5 Å². The molecule has 29 heavy (non-hydrogen) atoms. The first-order chi connectivity index (χ1) is 14.2. The standard InChI is InChI=1S/C22H21N3O4/c1-2-27-18-6-4-16(5-7-18)25-17-9-10-23-19(12-17)22(26)24-13-15-3-8-20-21(11-15)29-14-28-20/h3-12H,2,13-14H2,1H3,(H,23,25)(H,24,26). The van der Waals surface area contributed by atoms with Crippen molar-refractivity contribution in [1.82, 2.24) is 10.3 Å². The van der Waals surface area contributed by atoms with Gasteiger partial charge < -0.3 is 24.8 Å². The Hall–Kier alpha value is -3.74. The number of nitrogens with zero attached hydrogens (tertiary/aromatic N) is 1. The first kappa shape index (κ1) is 18.6. The zero-order chi connectivity index (χ0) is 20.1. The highest BCUT2D eigenvalue weighted by atomic mass is 16.7. The molecule has 0 unspecified atom stereocenters. The van der Waals surface area contributed by atoms with Crippen LogP contribution in [0.3, 0.4) is 0 Å². The molecule has 2 heterocycles. The Labute approximate surface area is 168 Å². The van der Waals surface area contributed by atoms with E-state index in [1.807, 2.05) is 55.5 Å². The first-order valence-corrected chi connectivity index (χ1v) is 9.34. The molecule has 0 spiro atoms. The maximum absolute atomic E-state index is 12.5. The molecule has 1 aliphatic heterocycles. The molecule has 3 aromatic rings. The minimum absolute atomic E-state index is 0.225. The molecule has 1 aliphatic rings. The highest BCUT2D eigenvalue weighted by Crippen LogP contribution is 2.32. The summed E-state index contributed by atoms with van der Waals surface area (Å²) in [4.78, 5) is 16.7. The predicted octanol–water partition coefficient (Wildman–Crippen LogP) is 3.88. The van der Waals surface area contributed by atoms with Gasteiger partial charge in [0.15, 0.2) is 11.5 Å². The number of ether oxygens (including phenoxy) is 3. The maximum atomic E-state index is 12.5. The number of nitrogens with one attached hydrogen (secondary N) is 2. The van der Waals surface area contributed by atoms with Gasteiger partial charge in [0.1, 0.15) is 11.4 Å². The first-order valence-electron chi connectivity index (χ1n) is 9.34. The van der Waals surface area contributed by atoms with Crippen LogP contribution < -0.4 is 24.8 Å². The number of pyridine rings is 1. The number of benzene rings is 2. The van der Waals surface area contributed by atoms with Crippen molar-refractivity contribution in [1.29, 1.82) is 0 Å². The minimum Gasteiger partial charge on any atom is -0.494 e. The summed E-state index contributed by atoms with van der Waals surface area (Å²) in [6, 6.07) is 16.7. The monoisotopic (exact) mass is 391 g/mol. The second-order valence-electron chi connectivity index (χ2n) is 6.38. The van der Waals surface area contributed by atoms with Crippen molar-refractivity contribution in [3.05, 3.63) is 72.1 Å². The van der Waals surface area contributed by atoms with Gasteiger partial charge in [-0.3, -0.25) is 9.78 Å². The fourth-order valence-corrected chi connectivity index (χ4v) is 2.92. The second kappa shape index (κ2) is 8.52. The van der Waals surface area contributed by atoms with Crippen LogP contribution in [0, 0.1) is 0 Å². The molecule has 0 saturated carbocycles. The predicted molar refractivity (Wildman–Crippen MR) is 109 cm³/mol. The van der Waals surface area contributed by atoms with E-state index in [0.717, 1.165) is 28.4 Å². The highest BCUT2D eigenvalue weighted by molar-refractivity contribution is 5.93. The van der Waals surface area contributed by atoms with Gasteiger partial charge in [-0.15, -0.1) is 0 Å². The van der Waals surface area contributed by atoms with Crippen LogP contribution in [-0.2, 0) is 6.54 Å². The Balaban J connectivity index is 1.38. The lowest BCUT2D eigenvalue weighted by Crippen LogP contribution is -2.23. The van der Waals surface area contributed by atoms with Crippen LogP contribution in [0.15, 0.2) is 60.8 Å². The van der Waals surface area contributed by atoms with E-state index in [1.54, 1.807) is 12.3 Å². The average molecular weight is 391 g/mol. The third-order valence-corrected chi connectivity index (χ3v) is 4.34. The molecule has 4 rings (SSSR count). The van der Waals surface area contributed by atoms with Gasteiger partial charge in [-0.25, -0.2) is 0 Å². The third-order valence-electron chi connectivity index (χ3n) is 4.34. The molecule has 0 bridgehead atoms. The molecule has 148 valence electrons. The zero-order valence-electron chi connectivity index (χ0n) is 16.0. The lowest BCUT2D eigenvalue weighted by Gasteiger charge is -2.10. The van der Waals surface area contributed by atoms with E-state index in [1.165, 1.54) is 0 Å². The Morgan fingerprint density at radius 2 is 1.86 bits per heavy atom. The number of fused-ring (bicyclic) bond motifs is 1. The number of hydrogen-bond donors (Lipinski definition) is 2. The van der Waals surface area contributed by atoms with Crippen molar-refractivity contribution in [2.75, 3.05) is 18.7 Å². The molecule has 0 fully saturated rings. The van der Waals surface area contributed by atoms with Crippen molar-refractivity contribution < 1.29 is 19.0 Å². The summed E-state index contributed by atoms with van der Waals surface area (Å²) in [5.41, 5.74) is 2.93. The van der Waals surface area contributed by atoms with Crippen LogP contribution >= 0.6 is 0 Å². The SMILES string of the molecule is CCOc1ccc(Nc2ccnc(C(=O)NCc3ccc4c(c3)OCO4)c2)cc1. The molecule has 2 aromatic carbocycles. The Bertz CT molecular complexity index is 1010. The average Bonchev–Trinajstić information content (AvgIpc) is 3.22. The van der Waals surface area contributed by atoms with Gasteiger partial charge >= 0.3 is 0 Å². The molecular weight excluding hydrogens is 370 g/mol. The Morgan fingerprint density at radius 1 is 1.03 bits per heavy atom. The van der Waals surface area contributed by atoms with Crippen molar-refractivity contribution >= 4 is 17.3 Å². The largest absolute Gasteiger partial charge is 0.494 e. The highest BCUT2D eigenvalue weighted by Gasteiger charge is 2.14. The van der Waals surface area contributed by atoms with Gasteiger partial charge in [-0.2, -0.15) is 0 Å². The van der Waals surface area contributed by atoms with E-state index >= 15 is 0 Å². The molecule has 0 aliphatic carbocycles. The van der Waals surface area contributed by atoms with Crippen LogP contribution in [0.25, 0.3) is 0 Å². The molecule has 0 atom stereocenters. The van der Waals surface area contributed by atoms with E-state index in [2.05, 4.69) is 15.6 Å². The zero-order valence-corrected chi connectivity index (χ0v) is 16.0. The van der Waals surface area contributed by atoms with Crippen LogP contribution in [0.4, 0.5) is 11.4 Å². The molecule has 1 aromatic heterocycles. The topological polar surface area (TPSA) is 81.7 Å². The number of rotatable bonds is 7. The lowest BCUT2D eigenvalue weighted by atomic mass is 10.2. The van der Waals surface area contributed by atoms with Gasteiger partial charge in [-0.1, -0.05) is 6.07 Å². The van der Waals surface area contributed by atoms with Gasteiger partial charge in [0.25, 0.3) is 5.91 Å². The lowest BCUT2D eigenvalue weighted by molar-refractivity contribution is 0.0946. The normalized spacial score (nSPS) is 11.8. The molecule has 0 radical (unpaired) electrons. The number of carbonyl (C=O) groups is 1. The maximum Gasteiger partial charge on any atom is 0.270 e. The van der Waals surface area contributed by atoms with Crippen LogP contribution in [0.2, 0.25) is 0 Å². The van der Waals surface area contributed by atoms with Crippen LogP contribution in [0.1, 0.15) is 23.0 Å². The Kier molecular flexibility index (Phi) is 5.47. The summed E-state index contributed by atoms with van der Waals surface area (Å²) in [7, 11) is 0. The summed E-state index contributed by atoms with van der Waals surface area (Å²) < 4.78 is 16.1. The second-order valence-corrected chi connectivity index (χ2v) is 6.38. The summed E-state index contributed by atoms with van der Waals surface area (Å²) in [5, 5.41) is 6.14.